The SMILES string of the molecule is O=C(O)CC1(CC(F)(F)c2cc(Br)c(Cl)s2)CCCCC1. The molecule has 2 nitrogen and oxygen atoms in total. The number of hydrogen-bond donors (Lipinski definition) is 1. The van der Waals surface area contributed by atoms with E-state index in [1.807, 2.05) is 0 Å². The lowest BCUT2D eigenvalue weighted by atomic mass is 9.68. The molecular formula is C14H16BrClF2O2S. The molecule has 118 valence electrons. The zero-order valence-electron chi connectivity index (χ0n) is 11.3. The number of aliphatic carboxylic acids is 1. The molecule has 21 heavy (non-hydrogen) atoms. The van der Waals surface area contributed by atoms with Gasteiger partial charge in [-0.05, 0) is 40.3 Å². The average Bonchev–Trinajstić information content (AvgIpc) is 2.69. The molecule has 7 heteroatoms. The summed E-state index contributed by atoms with van der Waals surface area (Å²) in [5, 5.41) is 9.08. The zero-order valence-corrected chi connectivity index (χ0v) is 14.5. The van der Waals surface area contributed by atoms with E-state index in [1.165, 1.54) is 6.07 Å². The third-order valence-electron chi connectivity index (χ3n) is 4.04. The molecule has 0 aromatic carbocycles. The lowest BCUT2D eigenvalue weighted by Gasteiger charge is -2.38. The van der Waals surface area contributed by atoms with Crippen LogP contribution in [0.4, 0.5) is 8.78 Å². The minimum absolute atomic E-state index is 0.102. The van der Waals surface area contributed by atoms with Gasteiger partial charge in [0.25, 0.3) is 5.92 Å². The summed E-state index contributed by atoms with van der Waals surface area (Å²) >= 11 is 9.83. The molecule has 1 heterocycles. The van der Waals surface area contributed by atoms with Gasteiger partial charge in [-0.1, -0.05) is 30.9 Å². The molecule has 1 aliphatic rings. The van der Waals surface area contributed by atoms with Crippen LogP contribution in [-0.2, 0) is 10.7 Å². The molecule has 0 amide bonds. The molecule has 1 aromatic heterocycles. The number of rotatable bonds is 5. The Morgan fingerprint density at radius 1 is 1.43 bits per heavy atom. The summed E-state index contributed by atoms with van der Waals surface area (Å²) in [6, 6.07) is 1.34. The Kier molecular flexibility index (Phi) is 5.31. The van der Waals surface area contributed by atoms with Crippen molar-refractivity contribution in [3.63, 3.8) is 0 Å². The van der Waals surface area contributed by atoms with Gasteiger partial charge in [-0.25, -0.2) is 8.78 Å². The lowest BCUT2D eigenvalue weighted by Crippen LogP contribution is -2.33. The van der Waals surface area contributed by atoms with Crippen molar-refractivity contribution in [2.45, 2.75) is 50.9 Å². The van der Waals surface area contributed by atoms with Crippen molar-refractivity contribution in [3.8, 4) is 0 Å². The van der Waals surface area contributed by atoms with Crippen LogP contribution < -0.4 is 0 Å². The summed E-state index contributed by atoms with van der Waals surface area (Å²) in [5.41, 5.74) is -0.809. The predicted molar refractivity (Wildman–Crippen MR) is 83.3 cm³/mol. The second-order valence-electron chi connectivity index (χ2n) is 5.74. The van der Waals surface area contributed by atoms with Gasteiger partial charge in [0, 0.05) is 10.9 Å². The molecule has 1 N–H and O–H groups in total. The number of halogens is 4. The van der Waals surface area contributed by atoms with Crippen LogP contribution in [0.1, 0.15) is 49.8 Å². The number of thiophene rings is 1. The van der Waals surface area contributed by atoms with E-state index in [-0.39, 0.29) is 11.3 Å². The van der Waals surface area contributed by atoms with Crippen molar-refractivity contribution in [2.75, 3.05) is 0 Å². The summed E-state index contributed by atoms with van der Waals surface area (Å²) in [5.74, 6) is -4.05. The molecule has 2 rings (SSSR count). The highest BCUT2D eigenvalue weighted by Crippen LogP contribution is 2.51. The van der Waals surface area contributed by atoms with Crippen molar-refractivity contribution >= 4 is 44.8 Å². The highest BCUT2D eigenvalue weighted by Gasteiger charge is 2.46. The standard InChI is InChI=1S/C14H16BrClF2O2S/c15-9-6-10(21-12(9)16)14(17,18)8-13(7-11(19)20)4-2-1-3-5-13/h6H,1-5,7-8H2,(H,19,20). The van der Waals surface area contributed by atoms with E-state index in [9.17, 15) is 13.6 Å². The molecular weight excluding hydrogens is 386 g/mol. The van der Waals surface area contributed by atoms with Crippen LogP contribution >= 0.6 is 38.9 Å². The highest BCUT2D eigenvalue weighted by atomic mass is 79.9. The topological polar surface area (TPSA) is 37.3 Å². The van der Waals surface area contributed by atoms with Crippen LogP contribution in [0.5, 0.6) is 0 Å². The maximum Gasteiger partial charge on any atom is 0.303 e. The zero-order chi connectivity index (χ0) is 15.7. The van der Waals surface area contributed by atoms with Gasteiger partial charge >= 0.3 is 5.97 Å². The first-order valence-corrected chi connectivity index (χ1v) is 8.78. The average molecular weight is 402 g/mol. The summed E-state index contributed by atoms with van der Waals surface area (Å²) < 4.78 is 29.9. The number of carboxylic acid groups (broad SMARTS) is 1. The maximum absolute atomic E-state index is 14.6. The monoisotopic (exact) mass is 400 g/mol. The number of carboxylic acids is 1. The molecule has 1 aromatic rings. The van der Waals surface area contributed by atoms with Crippen LogP contribution in [0.2, 0.25) is 4.34 Å². The minimum atomic E-state index is -3.05. The fourth-order valence-electron chi connectivity index (χ4n) is 3.12. The molecule has 0 atom stereocenters. The minimum Gasteiger partial charge on any atom is -0.481 e. The van der Waals surface area contributed by atoms with Crippen molar-refractivity contribution in [1.29, 1.82) is 0 Å². The molecule has 0 aliphatic heterocycles. The Labute approximate surface area is 139 Å². The quantitative estimate of drug-likeness (QED) is 0.650. The van der Waals surface area contributed by atoms with Gasteiger partial charge < -0.3 is 5.11 Å². The molecule has 1 fully saturated rings. The van der Waals surface area contributed by atoms with Crippen molar-refractivity contribution in [1.82, 2.24) is 0 Å². The van der Waals surface area contributed by atoms with E-state index >= 15 is 0 Å². The summed E-state index contributed by atoms with van der Waals surface area (Å²) in [7, 11) is 0. The lowest BCUT2D eigenvalue weighted by molar-refractivity contribution is -0.143. The van der Waals surface area contributed by atoms with E-state index in [1.54, 1.807) is 0 Å². The Morgan fingerprint density at radius 3 is 2.52 bits per heavy atom. The molecule has 1 saturated carbocycles. The summed E-state index contributed by atoms with van der Waals surface area (Å²) in [6.45, 7) is 0. The third-order valence-corrected chi connectivity index (χ3v) is 6.63. The summed E-state index contributed by atoms with van der Waals surface area (Å²) in [4.78, 5) is 11.0. The van der Waals surface area contributed by atoms with Gasteiger partial charge in [-0.15, -0.1) is 11.3 Å². The number of alkyl halides is 2. The Bertz CT molecular complexity index is 508. The first kappa shape index (κ1) is 17.2. The molecule has 0 spiro atoms. The Morgan fingerprint density at radius 2 is 2.05 bits per heavy atom. The van der Waals surface area contributed by atoms with E-state index in [4.69, 9.17) is 16.7 Å². The van der Waals surface area contributed by atoms with Crippen molar-refractivity contribution < 1.29 is 18.7 Å². The highest BCUT2D eigenvalue weighted by molar-refractivity contribution is 9.10. The summed E-state index contributed by atoms with van der Waals surface area (Å²) in [6.07, 6.45) is 3.11. The van der Waals surface area contributed by atoms with Gasteiger partial charge in [0.1, 0.15) is 4.34 Å². The third kappa shape index (κ3) is 4.17. The fraction of sp³-hybridized carbons (Fsp3) is 0.643. The molecule has 0 radical (unpaired) electrons. The van der Waals surface area contributed by atoms with Gasteiger partial charge in [-0.2, -0.15) is 0 Å². The number of hydrogen-bond acceptors (Lipinski definition) is 2. The van der Waals surface area contributed by atoms with E-state index in [0.29, 0.717) is 21.7 Å². The van der Waals surface area contributed by atoms with E-state index in [0.717, 1.165) is 30.6 Å². The van der Waals surface area contributed by atoms with Crippen LogP contribution in [-0.4, -0.2) is 11.1 Å². The second kappa shape index (κ2) is 6.50. The first-order valence-electron chi connectivity index (χ1n) is 6.79. The number of carbonyl (C=O) groups is 1. The first-order chi connectivity index (χ1) is 9.74. The molecule has 0 unspecified atom stereocenters. The van der Waals surface area contributed by atoms with Crippen LogP contribution in [0.3, 0.4) is 0 Å². The van der Waals surface area contributed by atoms with Crippen molar-refractivity contribution in [2.24, 2.45) is 5.41 Å². The molecule has 1 aliphatic carbocycles. The van der Waals surface area contributed by atoms with Gasteiger partial charge in [-0.3, -0.25) is 4.79 Å². The van der Waals surface area contributed by atoms with E-state index < -0.39 is 23.7 Å². The van der Waals surface area contributed by atoms with Crippen LogP contribution in [0.15, 0.2) is 10.5 Å². The van der Waals surface area contributed by atoms with E-state index in [2.05, 4.69) is 15.9 Å². The largest absolute Gasteiger partial charge is 0.481 e. The molecule has 0 bridgehead atoms. The second-order valence-corrected chi connectivity index (χ2v) is 8.25. The van der Waals surface area contributed by atoms with Gasteiger partial charge in [0.2, 0.25) is 0 Å². The van der Waals surface area contributed by atoms with Gasteiger partial charge in [0.05, 0.1) is 11.3 Å². The normalized spacial score (nSPS) is 18.7. The Hall–Kier alpha value is -0.200. The maximum atomic E-state index is 14.6. The van der Waals surface area contributed by atoms with Crippen molar-refractivity contribution in [3.05, 3.63) is 19.8 Å². The predicted octanol–water partition coefficient (Wildman–Crippen LogP) is 6.07. The van der Waals surface area contributed by atoms with Crippen LogP contribution in [0.25, 0.3) is 0 Å². The van der Waals surface area contributed by atoms with Gasteiger partial charge in [0.15, 0.2) is 0 Å². The Balaban J connectivity index is 2.23. The van der Waals surface area contributed by atoms with Crippen LogP contribution in [0, 0.1) is 5.41 Å². The smallest absolute Gasteiger partial charge is 0.303 e. The molecule has 0 saturated heterocycles. The fourth-order valence-corrected chi connectivity index (χ4v) is 4.80.